The van der Waals surface area contributed by atoms with E-state index in [1.807, 2.05) is 20.8 Å². The Morgan fingerprint density at radius 2 is 1.71 bits per heavy atom. The third-order valence-corrected chi connectivity index (χ3v) is 3.19. The van der Waals surface area contributed by atoms with Crippen LogP contribution in [0.25, 0.3) is 11.3 Å². The molecule has 21 heavy (non-hydrogen) atoms. The molecule has 1 aromatic carbocycles. The van der Waals surface area contributed by atoms with Crippen LogP contribution >= 0.6 is 12.2 Å². The number of nitrogens with one attached hydrogen (secondary N) is 1. The van der Waals surface area contributed by atoms with Gasteiger partial charge in [-0.25, -0.2) is 4.98 Å². The van der Waals surface area contributed by atoms with Crippen molar-refractivity contribution in [2.75, 3.05) is 0 Å². The summed E-state index contributed by atoms with van der Waals surface area (Å²) >= 11 is 5.08. The summed E-state index contributed by atoms with van der Waals surface area (Å²) in [5.74, 6) is 0.557. The van der Waals surface area contributed by atoms with Gasteiger partial charge in [-0.1, -0.05) is 51.2 Å². The number of aromatic nitrogens is 2. The Balaban J connectivity index is 2.69. The lowest BCUT2D eigenvalue weighted by molar-refractivity contribution is -0.137. The van der Waals surface area contributed by atoms with E-state index in [2.05, 4.69) is 9.97 Å². The number of rotatable bonds is 1. The van der Waals surface area contributed by atoms with Crippen LogP contribution in [0.15, 0.2) is 30.3 Å². The molecular weight excluding hydrogens is 297 g/mol. The van der Waals surface area contributed by atoms with Crippen LogP contribution in [-0.4, -0.2) is 9.97 Å². The smallest absolute Gasteiger partial charge is 0.343 e. The molecular formula is C15H15F3N2S. The summed E-state index contributed by atoms with van der Waals surface area (Å²) in [6.45, 7) is 5.75. The first-order chi connectivity index (χ1) is 9.59. The third kappa shape index (κ3) is 3.50. The molecule has 1 N–H and O–H groups in total. The molecule has 0 aliphatic rings. The van der Waals surface area contributed by atoms with E-state index in [9.17, 15) is 13.2 Å². The number of alkyl halides is 3. The molecule has 2 nitrogen and oxygen atoms in total. The average Bonchev–Trinajstić information content (AvgIpc) is 2.36. The second-order valence-corrected chi connectivity index (χ2v) is 6.19. The number of aromatic amines is 1. The normalized spacial score (nSPS) is 12.5. The maximum absolute atomic E-state index is 13.1. The van der Waals surface area contributed by atoms with Crippen molar-refractivity contribution in [2.45, 2.75) is 32.4 Å². The molecule has 2 rings (SSSR count). The monoisotopic (exact) mass is 312 g/mol. The van der Waals surface area contributed by atoms with Gasteiger partial charge in [-0.15, -0.1) is 0 Å². The predicted molar refractivity (Wildman–Crippen MR) is 78.6 cm³/mol. The van der Waals surface area contributed by atoms with E-state index in [0.29, 0.717) is 11.5 Å². The topological polar surface area (TPSA) is 28.7 Å². The highest BCUT2D eigenvalue weighted by molar-refractivity contribution is 7.71. The van der Waals surface area contributed by atoms with Gasteiger partial charge in [0.1, 0.15) is 10.5 Å². The molecule has 2 aromatic rings. The van der Waals surface area contributed by atoms with Crippen molar-refractivity contribution in [3.8, 4) is 11.3 Å². The maximum atomic E-state index is 13.1. The largest absolute Gasteiger partial charge is 0.417 e. The third-order valence-electron chi connectivity index (χ3n) is 2.98. The van der Waals surface area contributed by atoms with Crippen LogP contribution in [0.5, 0.6) is 0 Å². The van der Waals surface area contributed by atoms with Crippen molar-refractivity contribution in [1.29, 1.82) is 0 Å². The summed E-state index contributed by atoms with van der Waals surface area (Å²) in [7, 11) is 0. The maximum Gasteiger partial charge on any atom is 0.417 e. The molecule has 1 heterocycles. The van der Waals surface area contributed by atoms with Gasteiger partial charge in [0, 0.05) is 11.0 Å². The SMILES string of the molecule is CC(C)(C)c1nc(=S)cc(-c2ccccc2C(F)(F)F)[nH]1. The minimum absolute atomic E-state index is 0.0731. The van der Waals surface area contributed by atoms with E-state index < -0.39 is 11.7 Å². The highest BCUT2D eigenvalue weighted by Gasteiger charge is 2.33. The zero-order valence-corrected chi connectivity index (χ0v) is 12.7. The molecule has 0 radical (unpaired) electrons. The van der Waals surface area contributed by atoms with E-state index in [1.165, 1.54) is 18.2 Å². The van der Waals surface area contributed by atoms with Gasteiger partial charge >= 0.3 is 6.18 Å². The minimum atomic E-state index is -4.42. The standard InChI is InChI=1S/C15H15F3N2S/c1-14(2,3)13-19-11(8-12(21)20-13)9-6-4-5-7-10(9)15(16,17)18/h4-8H,1-3H3,(H,19,20,21). The lowest BCUT2D eigenvalue weighted by atomic mass is 9.95. The summed E-state index contributed by atoms with van der Waals surface area (Å²) in [6, 6.07) is 6.87. The number of halogens is 3. The van der Waals surface area contributed by atoms with Crippen molar-refractivity contribution in [1.82, 2.24) is 9.97 Å². The fourth-order valence-electron chi connectivity index (χ4n) is 1.92. The molecule has 6 heteroatoms. The molecule has 0 fully saturated rings. The number of benzene rings is 1. The van der Waals surface area contributed by atoms with Gasteiger partial charge in [0.15, 0.2) is 0 Å². The minimum Gasteiger partial charge on any atom is -0.343 e. The first-order valence-corrected chi connectivity index (χ1v) is 6.78. The zero-order chi connectivity index (χ0) is 15.8. The lowest BCUT2D eigenvalue weighted by Gasteiger charge is -2.19. The molecule has 0 aliphatic carbocycles. The van der Waals surface area contributed by atoms with Crippen LogP contribution in [0.2, 0.25) is 0 Å². The van der Waals surface area contributed by atoms with Crippen molar-refractivity contribution < 1.29 is 13.2 Å². The molecule has 0 atom stereocenters. The first kappa shape index (κ1) is 15.7. The fourth-order valence-corrected chi connectivity index (χ4v) is 2.13. The Morgan fingerprint density at radius 3 is 2.29 bits per heavy atom. The van der Waals surface area contributed by atoms with E-state index in [4.69, 9.17) is 12.2 Å². The van der Waals surface area contributed by atoms with Crippen LogP contribution in [0.1, 0.15) is 32.2 Å². The van der Waals surface area contributed by atoms with E-state index in [1.54, 1.807) is 6.07 Å². The summed E-state index contributed by atoms with van der Waals surface area (Å²) in [5, 5.41) is 0. The molecule has 1 aromatic heterocycles. The van der Waals surface area contributed by atoms with Gasteiger partial charge < -0.3 is 4.98 Å². The average molecular weight is 312 g/mol. The number of hydrogen-bond donors (Lipinski definition) is 1. The summed E-state index contributed by atoms with van der Waals surface area (Å²) in [6.07, 6.45) is -4.42. The van der Waals surface area contributed by atoms with Crippen LogP contribution in [0.4, 0.5) is 13.2 Å². The molecule has 0 unspecified atom stereocenters. The van der Waals surface area contributed by atoms with E-state index in [0.717, 1.165) is 6.07 Å². The number of hydrogen-bond acceptors (Lipinski definition) is 2. The lowest BCUT2D eigenvalue weighted by Crippen LogP contribution is -2.17. The second kappa shape index (κ2) is 5.26. The predicted octanol–water partition coefficient (Wildman–Crippen LogP) is 5.12. The van der Waals surface area contributed by atoms with Gasteiger partial charge in [0.05, 0.1) is 11.3 Å². The van der Waals surface area contributed by atoms with E-state index in [-0.39, 0.29) is 15.6 Å². The molecule has 0 amide bonds. The fraction of sp³-hybridized carbons (Fsp3) is 0.333. The Labute approximate surface area is 126 Å². The van der Waals surface area contributed by atoms with Crippen LogP contribution in [0, 0.1) is 4.64 Å². The number of nitrogens with zero attached hydrogens (tertiary/aromatic N) is 1. The molecule has 112 valence electrons. The quantitative estimate of drug-likeness (QED) is 0.740. The molecule has 0 saturated heterocycles. The first-order valence-electron chi connectivity index (χ1n) is 6.37. The van der Waals surface area contributed by atoms with Crippen LogP contribution in [0.3, 0.4) is 0 Å². The van der Waals surface area contributed by atoms with Crippen molar-refractivity contribution in [3.05, 3.63) is 46.4 Å². The zero-order valence-electron chi connectivity index (χ0n) is 11.9. The highest BCUT2D eigenvalue weighted by atomic mass is 32.1. The van der Waals surface area contributed by atoms with E-state index >= 15 is 0 Å². The van der Waals surface area contributed by atoms with Gasteiger partial charge in [-0.3, -0.25) is 0 Å². The van der Waals surface area contributed by atoms with Crippen LogP contribution < -0.4 is 0 Å². The Morgan fingerprint density at radius 1 is 1.10 bits per heavy atom. The van der Waals surface area contributed by atoms with Crippen molar-refractivity contribution in [2.24, 2.45) is 0 Å². The van der Waals surface area contributed by atoms with Gasteiger partial charge in [0.2, 0.25) is 0 Å². The Hall–Kier alpha value is -1.69. The van der Waals surface area contributed by atoms with Gasteiger partial charge in [-0.2, -0.15) is 13.2 Å². The second-order valence-electron chi connectivity index (χ2n) is 5.78. The van der Waals surface area contributed by atoms with Crippen molar-refractivity contribution in [3.63, 3.8) is 0 Å². The van der Waals surface area contributed by atoms with Crippen LogP contribution in [-0.2, 0) is 11.6 Å². The van der Waals surface area contributed by atoms with Gasteiger partial charge in [0.25, 0.3) is 0 Å². The number of H-pyrrole nitrogens is 1. The van der Waals surface area contributed by atoms with Gasteiger partial charge in [-0.05, 0) is 12.1 Å². The Bertz CT molecular complexity index is 712. The Kier molecular flexibility index (Phi) is 3.93. The summed E-state index contributed by atoms with van der Waals surface area (Å²) in [4.78, 5) is 7.18. The molecule has 0 saturated carbocycles. The van der Waals surface area contributed by atoms with Crippen molar-refractivity contribution >= 4 is 12.2 Å². The summed E-state index contributed by atoms with van der Waals surface area (Å²) in [5.41, 5.74) is -0.630. The molecule has 0 spiro atoms. The molecule has 0 aliphatic heterocycles. The highest BCUT2D eigenvalue weighted by Crippen LogP contribution is 2.36. The molecule has 0 bridgehead atoms. The summed E-state index contributed by atoms with van der Waals surface area (Å²) < 4.78 is 39.6.